The van der Waals surface area contributed by atoms with Crippen molar-refractivity contribution in [1.82, 2.24) is 15.0 Å². The second kappa shape index (κ2) is 4.70. The smallest absolute Gasteiger partial charge is 0.423 e. The number of aromatic nitrogens is 3. The van der Waals surface area contributed by atoms with Gasteiger partial charge in [-0.2, -0.15) is 23.1 Å². The molecule has 6 nitrogen and oxygen atoms in total. The molecule has 0 saturated carbocycles. The summed E-state index contributed by atoms with van der Waals surface area (Å²) in [6, 6.07) is 7.97. The van der Waals surface area contributed by atoms with E-state index in [1.54, 1.807) is 24.3 Å². The first-order valence-electron chi connectivity index (χ1n) is 6.45. The number of hydrogen-bond donors (Lipinski definition) is 1. The molecule has 0 amide bonds. The molecule has 0 spiro atoms. The van der Waals surface area contributed by atoms with Gasteiger partial charge in [0, 0.05) is 6.07 Å². The summed E-state index contributed by atoms with van der Waals surface area (Å²) < 4.78 is 48.5. The van der Waals surface area contributed by atoms with Gasteiger partial charge in [0.2, 0.25) is 0 Å². The lowest BCUT2D eigenvalue weighted by molar-refractivity contribution is -0.141. The lowest BCUT2D eigenvalue weighted by Gasteiger charge is -2.03. The predicted octanol–water partition coefficient (Wildman–Crippen LogP) is 4.13. The summed E-state index contributed by atoms with van der Waals surface area (Å²) in [5.41, 5.74) is 0.302. The molecule has 0 fully saturated rings. The number of nitrogens with zero attached hydrogens (tertiary/aromatic N) is 3. The zero-order chi connectivity index (χ0) is 16.0. The van der Waals surface area contributed by atoms with Crippen molar-refractivity contribution in [3.05, 3.63) is 42.2 Å². The minimum absolute atomic E-state index is 0.0346. The molecule has 0 radical (unpaired) electrons. The number of pyridine rings is 1. The van der Waals surface area contributed by atoms with Crippen molar-refractivity contribution in [3.63, 3.8) is 0 Å². The predicted molar refractivity (Wildman–Crippen MR) is 74.1 cm³/mol. The SMILES string of the molecule is FC(F)(F)c1cc2oc(Nc3nc4ccccc4o3)nc2cn1. The van der Waals surface area contributed by atoms with Crippen LogP contribution in [0.1, 0.15) is 5.69 Å². The lowest BCUT2D eigenvalue weighted by Crippen LogP contribution is -2.06. The Morgan fingerprint density at radius 2 is 1.61 bits per heavy atom. The van der Waals surface area contributed by atoms with Gasteiger partial charge in [0.1, 0.15) is 16.7 Å². The zero-order valence-corrected chi connectivity index (χ0v) is 11.3. The number of fused-ring (bicyclic) bond motifs is 2. The molecule has 0 aliphatic carbocycles. The fourth-order valence-electron chi connectivity index (χ4n) is 2.06. The number of para-hydroxylation sites is 2. The summed E-state index contributed by atoms with van der Waals surface area (Å²) in [5, 5.41) is 2.68. The summed E-state index contributed by atoms with van der Waals surface area (Å²) in [6.07, 6.45) is -3.55. The van der Waals surface area contributed by atoms with Crippen molar-refractivity contribution in [1.29, 1.82) is 0 Å². The molecule has 1 aromatic carbocycles. The van der Waals surface area contributed by atoms with Gasteiger partial charge in [-0.1, -0.05) is 12.1 Å². The van der Waals surface area contributed by atoms with Gasteiger partial charge < -0.3 is 8.83 Å². The highest BCUT2D eigenvalue weighted by Crippen LogP contribution is 2.31. The van der Waals surface area contributed by atoms with Gasteiger partial charge in [-0.15, -0.1) is 0 Å². The Hall–Kier alpha value is -3.10. The van der Waals surface area contributed by atoms with Crippen molar-refractivity contribution in [2.24, 2.45) is 0 Å². The third kappa shape index (κ3) is 2.45. The topological polar surface area (TPSA) is 77.0 Å². The van der Waals surface area contributed by atoms with E-state index in [0.29, 0.717) is 11.1 Å². The molecule has 116 valence electrons. The molecule has 3 heterocycles. The largest absolute Gasteiger partial charge is 0.433 e. The van der Waals surface area contributed by atoms with Gasteiger partial charge >= 0.3 is 18.2 Å². The average Bonchev–Trinajstić information content (AvgIpc) is 3.07. The van der Waals surface area contributed by atoms with Gasteiger partial charge in [-0.05, 0) is 12.1 Å². The number of hydrogen-bond acceptors (Lipinski definition) is 6. The van der Waals surface area contributed by atoms with Crippen LogP contribution >= 0.6 is 0 Å². The second-order valence-corrected chi connectivity index (χ2v) is 4.67. The molecular weight excluding hydrogens is 313 g/mol. The number of nitrogens with one attached hydrogen (secondary N) is 1. The number of oxazole rings is 2. The molecule has 0 unspecified atom stereocenters. The van der Waals surface area contributed by atoms with Crippen LogP contribution in [-0.4, -0.2) is 15.0 Å². The van der Waals surface area contributed by atoms with E-state index >= 15 is 0 Å². The van der Waals surface area contributed by atoms with E-state index < -0.39 is 11.9 Å². The van der Waals surface area contributed by atoms with E-state index in [1.807, 2.05) is 0 Å². The van der Waals surface area contributed by atoms with Gasteiger partial charge in [-0.3, -0.25) is 5.32 Å². The number of halogens is 3. The van der Waals surface area contributed by atoms with Crippen LogP contribution < -0.4 is 5.32 Å². The first-order valence-corrected chi connectivity index (χ1v) is 6.45. The van der Waals surface area contributed by atoms with Crippen molar-refractivity contribution < 1.29 is 22.0 Å². The highest BCUT2D eigenvalue weighted by Gasteiger charge is 2.33. The van der Waals surface area contributed by atoms with Crippen molar-refractivity contribution >= 4 is 34.2 Å². The highest BCUT2D eigenvalue weighted by molar-refractivity contribution is 5.76. The standard InChI is InChI=1S/C14H7F3N4O2/c15-14(16,17)11-5-10-8(6-18-11)20-13(23-10)21-12-19-7-3-1-2-4-9(7)22-12/h1-6H,(H,19,20,21). The molecule has 0 saturated heterocycles. The molecule has 4 rings (SSSR count). The maximum atomic E-state index is 12.6. The molecule has 3 aromatic heterocycles. The third-order valence-corrected chi connectivity index (χ3v) is 3.07. The van der Waals surface area contributed by atoms with Crippen LogP contribution in [0.2, 0.25) is 0 Å². The molecule has 0 aliphatic rings. The van der Waals surface area contributed by atoms with E-state index in [2.05, 4.69) is 20.3 Å². The Kier molecular flexibility index (Phi) is 2.77. The Labute approximate surface area is 126 Å². The molecule has 1 N–H and O–H groups in total. The van der Waals surface area contributed by atoms with Crippen LogP contribution in [0, 0.1) is 0 Å². The number of anilines is 2. The minimum Gasteiger partial charge on any atom is -0.423 e. The van der Waals surface area contributed by atoms with Crippen LogP contribution in [0.15, 0.2) is 45.4 Å². The Bertz CT molecular complexity index is 973. The normalized spacial score (nSPS) is 12.1. The molecule has 4 aromatic rings. The summed E-state index contributed by atoms with van der Waals surface area (Å²) in [7, 11) is 0. The molecule has 0 bridgehead atoms. The fraction of sp³-hybridized carbons (Fsp3) is 0.0714. The molecule has 23 heavy (non-hydrogen) atoms. The Balaban J connectivity index is 1.68. The van der Waals surface area contributed by atoms with Crippen LogP contribution in [0.25, 0.3) is 22.2 Å². The number of rotatable bonds is 2. The van der Waals surface area contributed by atoms with Crippen LogP contribution in [0.3, 0.4) is 0 Å². The molecule has 0 aliphatic heterocycles. The number of alkyl halides is 3. The molecular formula is C14H7F3N4O2. The Morgan fingerprint density at radius 3 is 2.35 bits per heavy atom. The van der Waals surface area contributed by atoms with Gasteiger partial charge in [0.25, 0.3) is 0 Å². The van der Waals surface area contributed by atoms with Crippen LogP contribution in [0.5, 0.6) is 0 Å². The zero-order valence-electron chi connectivity index (χ0n) is 11.3. The van der Waals surface area contributed by atoms with E-state index in [1.165, 1.54) is 0 Å². The first kappa shape index (κ1) is 13.6. The Morgan fingerprint density at radius 1 is 0.913 bits per heavy atom. The minimum atomic E-state index is -4.55. The highest BCUT2D eigenvalue weighted by atomic mass is 19.4. The monoisotopic (exact) mass is 320 g/mol. The van der Waals surface area contributed by atoms with Gasteiger partial charge in [0.15, 0.2) is 11.2 Å². The lowest BCUT2D eigenvalue weighted by atomic mass is 10.3. The third-order valence-electron chi connectivity index (χ3n) is 3.07. The first-order chi connectivity index (χ1) is 11.0. The van der Waals surface area contributed by atoms with Crippen LogP contribution in [0.4, 0.5) is 25.2 Å². The van der Waals surface area contributed by atoms with Crippen molar-refractivity contribution in [3.8, 4) is 0 Å². The molecule has 9 heteroatoms. The summed E-state index contributed by atoms with van der Waals surface area (Å²) in [6.45, 7) is 0. The maximum absolute atomic E-state index is 12.6. The summed E-state index contributed by atoms with van der Waals surface area (Å²) >= 11 is 0. The quantitative estimate of drug-likeness (QED) is 0.598. The fourth-order valence-corrected chi connectivity index (χ4v) is 2.06. The van der Waals surface area contributed by atoms with Crippen molar-refractivity contribution in [2.75, 3.05) is 5.32 Å². The van der Waals surface area contributed by atoms with Gasteiger partial charge in [0.05, 0.1) is 6.20 Å². The van der Waals surface area contributed by atoms with Crippen LogP contribution in [-0.2, 0) is 6.18 Å². The van der Waals surface area contributed by atoms with Gasteiger partial charge in [-0.25, -0.2) is 4.98 Å². The maximum Gasteiger partial charge on any atom is 0.433 e. The van der Waals surface area contributed by atoms with E-state index in [9.17, 15) is 13.2 Å². The summed E-state index contributed by atoms with van der Waals surface area (Å²) in [4.78, 5) is 11.5. The second-order valence-electron chi connectivity index (χ2n) is 4.67. The number of benzene rings is 1. The van der Waals surface area contributed by atoms with E-state index in [-0.39, 0.29) is 23.1 Å². The van der Waals surface area contributed by atoms with E-state index in [4.69, 9.17) is 8.83 Å². The summed E-state index contributed by atoms with van der Waals surface area (Å²) in [5.74, 6) is 0. The average molecular weight is 320 g/mol. The van der Waals surface area contributed by atoms with E-state index in [0.717, 1.165) is 12.3 Å². The molecule has 0 atom stereocenters. The van der Waals surface area contributed by atoms with Crippen molar-refractivity contribution in [2.45, 2.75) is 6.18 Å².